The van der Waals surface area contributed by atoms with E-state index >= 15 is 0 Å². The Morgan fingerprint density at radius 1 is 0.317 bits per heavy atom. The Balaban J connectivity index is 1.06. The summed E-state index contributed by atoms with van der Waals surface area (Å²) in [5, 5.41) is 6.82. The zero-order valence-electron chi connectivity index (χ0n) is 33.9. The van der Waals surface area contributed by atoms with E-state index < -0.39 is 0 Å². The quantitative estimate of drug-likeness (QED) is 0.168. The molecule has 13 aromatic rings. The molecule has 0 unspecified atom stereocenters. The van der Waals surface area contributed by atoms with Crippen molar-refractivity contribution in [2.75, 3.05) is 0 Å². The van der Waals surface area contributed by atoms with E-state index in [-0.39, 0.29) is 0 Å². The SMILES string of the molecule is c1ccc(-c2nc(-c3ccccc3)nc(-n3c4ccc(-c5ccc6c(c5)c5ccccc5n6-c5ccccc5)cc4c4cc(-c5cccc6c5oc5ccccc56)ccc43)n2)cc1. The Morgan fingerprint density at radius 2 is 0.810 bits per heavy atom. The molecule has 0 aliphatic rings. The van der Waals surface area contributed by atoms with Gasteiger partial charge in [-0.05, 0) is 77.4 Å². The first-order valence-electron chi connectivity index (χ1n) is 21.2. The van der Waals surface area contributed by atoms with Crippen molar-refractivity contribution in [1.29, 1.82) is 0 Å². The third-order valence-electron chi connectivity index (χ3n) is 12.4. The van der Waals surface area contributed by atoms with Crippen LogP contribution in [0.1, 0.15) is 0 Å². The Bertz CT molecular complexity index is 3850. The summed E-state index contributed by atoms with van der Waals surface area (Å²) in [7, 11) is 0. The number of nitrogens with zero attached hydrogens (tertiary/aromatic N) is 5. The second-order valence-corrected chi connectivity index (χ2v) is 16.0. The highest BCUT2D eigenvalue weighted by Gasteiger charge is 2.21. The molecule has 4 aromatic heterocycles. The minimum atomic E-state index is 0.553. The maximum atomic E-state index is 6.56. The molecule has 0 radical (unpaired) electrons. The normalized spacial score (nSPS) is 11.8. The van der Waals surface area contributed by atoms with Crippen LogP contribution in [0.15, 0.2) is 217 Å². The molecule has 9 aromatic carbocycles. The second-order valence-electron chi connectivity index (χ2n) is 16.0. The second kappa shape index (κ2) is 14.0. The highest BCUT2D eigenvalue weighted by atomic mass is 16.3. The van der Waals surface area contributed by atoms with Crippen LogP contribution in [0, 0.1) is 0 Å². The van der Waals surface area contributed by atoms with Gasteiger partial charge in [-0.3, -0.25) is 4.57 Å². The van der Waals surface area contributed by atoms with Crippen molar-refractivity contribution in [2.45, 2.75) is 0 Å². The van der Waals surface area contributed by atoms with E-state index in [2.05, 4.69) is 149 Å². The van der Waals surface area contributed by atoms with Crippen LogP contribution in [0.2, 0.25) is 0 Å². The third-order valence-corrected chi connectivity index (χ3v) is 12.4. The number of furan rings is 1. The highest BCUT2D eigenvalue weighted by molar-refractivity contribution is 6.15. The summed E-state index contributed by atoms with van der Waals surface area (Å²) in [6, 6.07) is 74.5. The average molecular weight is 806 g/mol. The van der Waals surface area contributed by atoms with Crippen molar-refractivity contribution < 1.29 is 4.42 Å². The van der Waals surface area contributed by atoms with Crippen molar-refractivity contribution in [3.63, 3.8) is 0 Å². The van der Waals surface area contributed by atoms with Crippen LogP contribution in [-0.2, 0) is 0 Å². The van der Waals surface area contributed by atoms with E-state index in [1.807, 2.05) is 72.8 Å². The summed E-state index contributed by atoms with van der Waals surface area (Å²) in [6.45, 7) is 0. The summed E-state index contributed by atoms with van der Waals surface area (Å²) < 4.78 is 11.1. The molecule has 4 heterocycles. The summed E-state index contributed by atoms with van der Waals surface area (Å²) in [4.78, 5) is 15.4. The van der Waals surface area contributed by atoms with Gasteiger partial charge in [-0.2, -0.15) is 9.97 Å². The van der Waals surface area contributed by atoms with Crippen molar-refractivity contribution in [2.24, 2.45) is 0 Å². The van der Waals surface area contributed by atoms with Crippen LogP contribution in [0.5, 0.6) is 0 Å². The zero-order valence-corrected chi connectivity index (χ0v) is 33.9. The molecular formula is C57H35N5O. The number of para-hydroxylation sites is 4. The molecule has 0 spiro atoms. The maximum Gasteiger partial charge on any atom is 0.238 e. The van der Waals surface area contributed by atoms with Crippen LogP contribution < -0.4 is 0 Å². The van der Waals surface area contributed by atoms with E-state index in [0.29, 0.717) is 17.6 Å². The van der Waals surface area contributed by atoms with E-state index in [4.69, 9.17) is 19.4 Å². The first-order valence-corrected chi connectivity index (χ1v) is 21.2. The fourth-order valence-electron chi connectivity index (χ4n) is 9.47. The molecule has 294 valence electrons. The van der Waals surface area contributed by atoms with Gasteiger partial charge in [0.05, 0.1) is 22.1 Å². The molecule has 0 aliphatic heterocycles. The zero-order chi connectivity index (χ0) is 41.4. The molecule has 13 rings (SSSR count). The van der Waals surface area contributed by atoms with E-state index in [1.54, 1.807) is 0 Å². The van der Waals surface area contributed by atoms with E-state index in [1.165, 1.54) is 21.8 Å². The average Bonchev–Trinajstić information content (AvgIpc) is 4.02. The number of benzene rings is 9. The lowest BCUT2D eigenvalue weighted by Gasteiger charge is -2.11. The lowest BCUT2D eigenvalue weighted by molar-refractivity contribution is 0.670. The van der Waals surface area contributed by atoms with E-state index in [9.17, 15) is 0 Å². The van der Waals surface area contributed by atoms with Crippen LogP contribution in [-0.4, -0.2) is 24.1 Å². The van der Waals surface area contributed by atoms with Gasteiger partial charge in [-0.15, -0.1) is 0 Å². The molecule has 6 nitrogen and oxygen atoms in total. The summed E-state index contributed by atoms with van der Waals surface area (Å²) in [5.41, 5.74) is 13.5. The molecule has 0 fully saturated rings. The van der Waals surface area contributed by atoms with Gasteiger partial charge in [-0.1, -0.05) is 152 Å². The number of fused-ring (bicyclic) bond motifs is 9. The first kappa shape index (κ1) is 35.2. The highest BCUT2D eigenvalue weighted by Crippen LogP contribution is 2.41. The molecule has 0 amide bonds. The molecule has 6 heteroatoms. The van der Waals surface area contributed by atoms with E-state index in [0.717, 1.165) is 82.8 Å². The number of aromatic nitrogens is 5. The monoisotopic (exact) mass is 805 g/mol. The fourth-order valence-corrected chi connectivity index (χ4v) is 9.47. The van der Waals surface area contributed by atoms with Crippen LogP contribution in [0.3, 0.4) is 0 Å². The molecule has 0 atom stereocenters. The number of hydrogen-bond donors (Lipinski definition) is 0. The van der Waals surface area contributed by atoms with Gasteiger partial charge in [0.15, 0.2) is 11.6 Å². The van der Waals surface area contributed by atoms with Crippen LogP contribution in [0.25, 0.3) is 122 Å². The van der Waals surface area contributed by atoms with Gasteiger partial charge in [0.2, 0.25) is 5.95 Å². The standard InChI is InChI=1S/C57H35N5O/c1-4-15-36(16-5-1)55-58-56(37-17-6-2-7-18-37)60-57(59-55)62-51-31-28-39(38-27-30-50-46(33-38)43-21-10-12-25-49(43)61(50)41-19-8-3-9-20-41)34-47(51)48-35-40(29-32-52(48)62)42-23-14-24-45-44-22-11-13-26-53(44)63-54(42)45/h1-35H. The third kappa shape index (κ3) is 5.62. The minimum Gasteiger partial charge on any atom is -0.455 e. The predicted molar refractivity (Wildman–Crippen MR) is 258 cm³/mol. The van der Waals surface area contributed by atoms with Gasteiger partial charge in [0.25, 0.3) is 0 Å². The topological polar surface area (TPSA) is 61.7 Å². The van der Waals surface area contributed by atoms with Crippen molar-refractivity contribution in [3.8, 4) is 56.7 Å². The number of hydrogen-bond acceptors (Lipinski definition) is 4. The Hall–Kier alpha value is -8.61. The maximum absolute atomic E-state index is 6.56. The Morgan fingerprint density at radius 3 is 1.48 bits per heavy atom. The van der Waals surface area contributed by atoms with Crippen LogP contribution in [0.4, 0.5) is 0 Å². The lowest BCUT2D eigenvalue weighted by atomic mass is 9.98. The number of rotatable bonds is 6. The molecule has 0 saturated heterocycles. The first-order chi connectivity index (χ1) is 31.2. The van der Waals surface area contributed by atoms with Crippen LogP contribution >= 0.6 is 0 Å². The van der Waals surface area contributed by atoms with Crippen molar-refractivity contribution in [1.82, 2.24) is 24.1 Å². The lowest BCUT2D eigenvalue weighted by Crippen LogP contribution is -2.06. The predicted octanol–water partition coefficient (Wildman–Crippen LogP) is 14.6. The minimum absolute atomic E-state index is 0.553. The Kier molecular flexibility index (Phi) is 7.80. The van der Waals surface area contributed by atoms with Gasteiger partial charge in [0, 0.05) is 54.7 Å². The van der Waals surface area contributed by atoms with Gasteiger partial charge in [0.1, 0.15) is 11.2 Å². The molecule has 0 bridgehead atoms. The smallest absolute Gasteiger partial charge is 0.238 e. The van der Waals surface area contributed by atoms with Gasteiger partial charge < -0.3 is 8.98 Å². The molecule has 0 saturated carbocycles. The van der Waals surface area contributed by atoms with Gasteiger partial charge >= 0.3 is 0 Å². The Labute approximate surface area is 361 Å². The molecule has 63 heavy (non-hydrogen) atoms. The summed E-state index contributed by atoms with van der Waals surface area (Å²) >= 11 is 0. The molecule has 0 N–H and O–H groups in total. The van der Waals surface area contributed by atoms with Crippen molar-refractivity contribution in [3.05, 3.63) is 212 Å². The molecular weight excluding hydrogens is 771 g/mol. The van der Waals surface area contributed by atoms with Gasteiger partial charge in [-0.25, -0.2) is 4.98 Å². The molecule has 0 aliphatic carbocycles. The van der Waals surface area contributed by atoms with Crippen molar-refractivity contribution >= 4 is 65.6 Å². The fraction of sp³-hybridized carbons (Fsp3) is 0. The largest absolute Gasteiger partial charge is 0.455 e. The summed E-state index contributed by atoms with van der Waals surface area (Å²) in [5.74, 6) is 1.78. The summed E-state index contributed by atoms with van der Waals surface area (Å²) in [6.07, 6.45) is 0.